The number of rotatable bonds is 6. The maximum Gasteiger partial charge on any atom is 0.220 e. The van der Waals surface area contributed by atoms with Crippen LogP contribution in [0.5, 0.6) is 5.75 Å². The number of ether oxygens (including phenoxy) is 1. The molecule has 0 saturated heterocycles. The Bertz CT molecular complexity index is 499. The summed E-state index contributed by atoms with van der Waals surface area (Å²) in [6, 6.07) is 7.94. The second-order valence-corrected chi connectivity index (χ2v) is 7.64. The van der Waals surface area contributed by atoms with E-state index in [2.05, 4.69) is 5.32 Å². The van der Waals surface area contributed by atoms with Crippen molar-refractivity contribution in [3.8, 4) is 5.75 Å². The van der Waals surface area contributed by atoms with E-state index < -0.39 is 0 Å². The van der Waals surface area contributed by atoms with Crippen molar-refractivity contribution in [2.75, 3.05) is 0 Å². The third-order valence-corrected chi connectivity index (χ3v) is 4.37. The maximum atomic E-state index is 12.1. The average Bonchev–Trinajstić information content (AvgIpc) is 2.51. The summed E-state index contributed by atoms with van der Waals surface area (Å²) in [6.45, 7) is 6.64. The van der Waals surface area contributed by atoms with Crippen LogP contribution in [0.2, 0.25) is 0 Å². The second kappa shape index (κ2) is 8.37. The van der Waals surface area contributed by atoms with Crippen molar-refractivity contribution in [3.05, 3.63) is 29.8 Å². The van der Waals surface area contributed by atoms with Gasteiger partial charge < -0.3 is 10.1 Å². The van der Waals surface area contributed by atoms with Gasteiger partial charge in [-0.25, -0.2) is 0 Å². The van der Waals surface area contributed by atoms with Crippen molar-refractivity contribution in [1.82, 2.24) is 5.32 Å². The molecule has 0 radical (unpaired) electrons. The number of amides is 1. The lowest BCUT2D eigenvalue weighted by molar-refractivity contribution is -0.121. The zero-order valence-corrected chi connectivity index (χ0v) is 14.9. The van der Waals surface area contributed by atoms with Crippen molar-refractivity contribution in [2.45, 2.75) is 77.9 Å². The van der Waals surface area contributed by atoms with Crippen molar-refractivity contribution >= 4 is 5.91 Å². The van der Waals surface area contributed by atoms with E-state index in [4.69, 9.17) is 4.74 Å². The van der Waals surface area contributed by atoms with Gasteiger partial charge in [0, 0.05) is 18.5 Å². The van der Waals surface area contributed by atoms with E-state index in [1.54, 1.807) is 0 Å². The van der Waals surface area contributed by atoms with Gasteiger partial charge in [0.25, 0.3) is 0 Å². The Labute approximate surface area is 140 Å². The van der Waals surface area contributed by atoms with Crippen molar-refractivity contribution in [3.63, 3.8) is 0 Å². The van der Waals surface area contributed by atoms with Crippen LogP contribution in [0.3, 0.4) is 0 Å². The minimum absolute atomic E-state index is 0.154. The van der Waals surface area contributed by atoms with E-state index in [-0.39, 0.29) is 11.5 Å². The monoisotopic (exact) mass is 317 g/mol. The molecule has 0 aromatic heterocycles. The van der Waals surface area contributed by atoms with Crippen molar-refractivity contribution in [2.24, 2.45) is 5.92 Å². The summed E-state index contributed by atoms with van der Waals surface area (Å²) in [7, 11) is 0. The molecule has 0 heterocycles. The van der Waals surface area contributed by atoms with Gasteiger partial charge in [-0.2, -0.15) is 0 Å². The third-order valence-electron chi connectivity index (χ3n) is 4.37. The van der Waals surface area contributed by atoms with Gasteiger partial charge in [-0.3, -0.25) is 4.79 Å². The van der Waals surface area contributed by atoms with Crippen LogP contribution in [-0.2, 0) is 11.3 Å². The molecule has 0 spiro atoms. The van der Waals surface area contributed by atoms with E-state index in [0.29, 0.717) is 13.0 Å². The zero-order valence-electron chi connectivity index (χ0n) is 14.9. The molecule has 0 aliphatic heterocycles. The van der Waals surface area contributed by atoms with Crippen molar-refractivity contribution in [1.29, 1.82) is 0 Å². The largest absolute Gasteiger partial charge is 0.488 e. The number of benzene rings is 1. The molecule has 1 fully saturated rings. The topological polar surface area (TPSA) is 38.3 Å². The van der Waals surface area contributed by atoms with Crippen LogP contribution in [0.25, 0.3) is 0 Å². The molecule has 0 bridgehead atoms. The van der Waals surface area contributed by atoms with Crippen LogP contribution in [0.4, 0.5) is 0 Å². The number of carbonyl (C=O) groups is 1. The van der Waals surface area contributed by atoms with E-state index in [1.807, 2.05) is 45.0 Å². The van der Waals surface area contributed by atoms with Gasteiger partial charge in [-0.05, 0) is 39.2 Å². The Kier molecular flexibility index (Phi) is 6.49. The molecule has 1 N–H and O–H groups in total. The normalized spacial score (nSPS) is 16.1. The molecule has 0 atom stereocenters. The minimum atomic E-state index is -0.235. The first-order valence-electron chi connectivity index (χ1n) is 8.98. The summed E-state index contributed by atoms with van der Waals surface area (Å²) in [5.41, 5.74) is 0.801. The highest BCUT2D eigenvalue weighted by molar-refractivity contribution is 5.75. The highest BCUT2D eigenvalue weighted by Crippen LogP contribution is 2.27. The molecule has 1 saturated carbocycles. The van der Waals surface area contributed by atoms with Crippen LogP contribution < -0.4 is 10.1 Å². The highest BCUT2D eigenvalue weighted by atomic mass is 16.5. The second-order valence-electron chi connectivity index (χ2n) is 7.64. The molecule has 3 nitrogen and oxygen atoms in total. The quantitative estimate of drug-likeness (QED) is 0.815. The number of para-hydroxylation sites is 1. The number of hydrogen-bond donors (Lipinski definition) is 1. The van der Waals surface area contributed by atoms with E-state index in [1.165, 1.54) is 32.1 Å². The molecular formula is C20H31NO2. The lowest BCUT2D eigenvalue weighted by Crippen LogP contribution is -2.26. The Hall–Kier alpha value is -1.51. The summed E-state index contributed by atoms with van der Waals surface area (Å²) in [4.78, 5) is 12.1. The van der Waals surface area contributed by atoms with Gasteiger partial charge in [-0.1, -0.05) is 50.3 Å². The van der Waals surface area contributed by atoms with Crippen LogP contribution >= 0.6 is 0 Å². The fraction of sp³-hybridized carbons (Fsp3) is 0.650. The summed E-state index contributed by atoms with van der Waals surface area (Å²) in [5.74, 6) is 1.76. The molecule has 0 unspecified atom stereocenters. The smallest absolute Gasteiger partial charge is 0.220 e. The van der Waals surface area contributed by atoms with Crippen molar-refractivity contribution < 1.29 is 9.53 Å². The fourth-order valence-electron chi connectivity index (χ4n) is 3.17. The predicted molar refractivity (Wildman–Crippen MR) is 94.5 cm³/mol. The molecule has 3 heteroatoms. The van der Waals surface area contributed by atoms with E-state index >= 15 is 0 Å². The molecular weight excluding hydrogens is 286 g/mol. The van der Waals surface area contributed by atoms with Gasteiger partial charge >= 0.3 is 0 Å². The summed E-state index contributed by atoms with van der Waals surface area (Å²) in [6.07, 6.45) is 8.32. The number of hydrogen-bond acceptors (Lipinski definition) is 2. The zero-order chi connectivity index (χ0) is 16.7. The molecule has 1 amide bonds. The molecule has 23 heavy (non-hydrogen) atoms. The molecule has 1 aromatic rings. The number of carbonyl (C=O) groups excluding carboxylic acids is 1. The van der Waals surface area contributed by atoms with Gasteiger partial charge in [0.1, 0.15) is 11.4 Å². The summed E-state index contributed by atoms with van der Waals surface area (Å²) >= 11 is 0. The highest BCUT2D eigenvalue weighted by Gasteiger charge is 2.16. The first-order valence-corrected chi connectivity index (χ1v) is 8.98. The first kappa shape index (κ1) is 17.8. The average molecular weight is 317 g/mol. The van der Waals surface area contributed by atoms with Gasteiger partial charge in [0.05, 0.1) is 0 Å². The molecule has 1 aliphatic rings. The van der Waals surface area contributed by atoms with Crippen LogP contribution in [0.15, 0.2) is 24.3 Å². The lowest BCUT2D eigenvalue weighted by atomic mass is 9.86. The minimum Gasteiger partial charge on any atom is -0.488 e. The summed E-state index contributed by atoms with van der Waals surface area (Å²) in [5, 5.41) is 3.05. The van der Waals surface area contributed by atoms with E-state index in [9.17, 15) is 4.79 Å². The Morgan fingerprint density at radius 1 is 1.17 bits per heavy atom. The third kappa shape index (κ3) is 6.64. The van der Waals surface area contributed by atoms with Gasteiger partial charge in [0.15, 0.2) is 0 Å². The van der Waals surface area contributed by atoms with Gasteiger partial charge in [0.2, 0.25) is 5.91 Å². The Morgan fingerprint density at radius 2 is 1.87 bits per heavy atom. The summed E-state index contributed by atoms with van der Waals surface area (Å²) < 4.78 is 5.97. The van der Waals surface area contributed by atoms with Crippen LogP contribution in [0.1, 0.15) is 71.3 Å². The Balaban J connectivity index is 1.79. The molecule has 1 aromatic carbocycles. The lowest BCUT2D eigenvalue weighted by Gasteiger charge is -2.23. The first-order chi connectivity index (χ1) is 10.9. The SMILES string of the molecule is CC(C)(C)Oc1ccccc1CNC(=O)CCC1CCCCC1. The number of nitrogens with one attached hydrogen (secondary N) is 1. The van der Waals surface area contributed by atoms with Crippen LogP contribution in [0, 0.1) is 5.92 Å². The molecule has 2 rings (SSSR count). The van der Waals surface area contributed by atoms with Gasteiger partial charge in [-0.15, -0.1) is 0 Å². The standard InChI is InChI=1S/C20H31NO2/c1-20(2,3)23-18-12-8-7-11-17(18)15-21-19(22)14-13-16-9-5-4-6-10-16/h7-8,11-12,16H,4-6,9-10,13-15H2,1-3H3,(H,21,22). The Morgan fingerprint density at radius 3 is 2.57 bits per heavy atom. The maximum absolute atomic E-state index is 12.1. The fourth-order valence-corrected chi connectivity index (χ4v) is 3.17. The molecule has 1 aliphatic carbocycles. The van der Waals surface area contributed by atoms with E-state index in [0.717, 1.165) is 23.7 Å². The molecule has 128 valence electrons. The predicted octanol–water partition coefficient (Wildman–Crippen LogP) is 4.84. The van der Waals surface area contributed by atoms with Crippen LogP contribution in [-0.4, -0.2) is 11.5 Å².